The number of rotatable bonds is 2. The van der Waals surface area contributed by atoms with Crippen LogP contribution in [0.5, 0.6) is 0 Å². The van der Waals surface area contributed by atoms with Crippen LogP contribution in [0.3, 0.4) is 0 Å². The lowest BCUT2D eigenvalue weighted by atomic mass is 9.80. The summed E-state index contributed by atoms with van der Waals surface area (Å²) in [7, 11) is 0. The fraction of sp³-hybridized carbons (Fsp3) is 0. The van der Waals surface area contributed by atoms with Gasteiger partial charge in [0.15, 0.2) is 0 Å². The number of fused-ring (bicyclic) bond motifs is 4. The lowest BCUT2D eigenvalue weighted by Crippen LogP contribution is -1.97. The first-order valence-electron chi connectivity index (χ1n) is 12.9. The summed E-state index contributed by atoms with van der Waals surface area (Å²) in [6.45, 7) is 0. The van der Waals surface area contributed by atoms with Crippen molar-refractivity contribution in [1.82, 2.24) is 0 Å². The molecule has 6 heteroatoms. The summed E-state index contributed by atoms with van der Waals surface area (Å²) < 4.78 is 0.685. The maximum absolute atomic E-state index is 10.2. The Morgan fingerprint density at radius 1 is 0.524 bits per heavy atom. The summed E-state index contributed by atoms with van der Waals surface area (Å²) >= 11 is 10.4. The fourth-order valence-electron chi connectivity index (χ4n) is 6.18. The van der Waals surface area contributed by atoms with Gasteiger partial charge in [-0.25, -0.2) is 0 Å². The van der Waals surface area contributed by atoms with E-state index in [-0.39, 0.29) is 0 Å². The molecular formula is C36H14BrClN4. The van der Waals surface area contributed by atoms with Crippen LogP contribution in [0.15, 0.2) is 89.4 Å². The smallest absolute Gasteiger partial charge is 0.0998 e. The van der Waals surface area contributed by atoms with Gasteiger partial charge < -0.3 is 0 Å². The summed E-state index contributed by atoms with van der Waals surface area (Å²) in [6, 6.07) is 35.4. The average Bonchev–Trinajstić information content (AvgIpc) is 3.35. The van der Waals surface area contributed by atoms with Gasteiger partial charge in [0.05, 0.1) is 51.6 Å². The third-order valence-electron chi connectivity index (χ3n) is 7.87. The van der Waals surface area contributed by atoms with E-state index in [1.807, 2.05) is 36.4 Å². The molecule has 1 aliphatic rings. The van der Waals surface area contributed by atoms with Crippen LogP contribution in [0.1, 0.15) is 22.3 Å². The second kappa shape index (κ2) is 9.59. The molecule has 0 bridgehead atoms. The molecule has 0 amide bonds. The van der Waals surface area contributed by atoms with Gasteiger partial charge in [-0.1, -0.05) is 60.1 Å². The molecule has 1 aliphatic carbocycles. The number of nitriles is 4. The lowest BCUT2D eigenvalue weighted by Gasteiger charge is -2.22. The lowest BCUT2D eigenvalue weighted by molar-refractivity contribution is 1.44. The van der Waals surface area contributed by atoms with Crippen LogP contribution in [0.4, 0.5) is 0 Å². The SMILES string of the molecule is N#Cc1ccc(-c2c3c(c(-c4ccc(C#N)cc4C#N)c4cc(Br)c(Cl)cc24)-c2cccc4cccc-3c24)c(C#N)c1. The molecule has 0 unspecified atom stereocenters. The molecule has 0 radical (unpaired) electrons. The second-order valence-corrected chi connectivity index (χ2v) is 11.3. The number of nitrogens with zero attached hydrogens (tertiary/aromatic N) is 4. The summed E-state index contributed by atoms with van der Waals surface area (Å²) in [5.74, 6) is 0. The number of hydrogen-bond acceptors (Lipinski definition) is 4. The van der Waals surface area contributed by atoms with Crippen LogP contribution in [-0.2, 0) is 0 Å². The van der Waals surface area contributed by atoms with Crippen molar-refractivity contribution in [2.24, 2.45) is 0 Å². The van der Waals surface area contributed by atoms with Crippen LogP contribution in [-0.4, -0.2) is 0 Å². The summed E-state index contributed by atoms with van der Waals surface area (Å²) in [5.41, 5.74) is 8.52. The van der Waals surface area contributed by atoms with E-state index in [0.717, 1.165) is 54.9 Å². The van der Waals surface area contributed by atoms with Gasteiger partial charge >= 0.3 is 0 Å². The molecule has 0 saturated carbocycles. The quantitative estimate of drug-likeness (QED) is 0.193. The number of hydrogen-bond donors (Lipinski definition) is 0. The summed E-state index contributed by atoms with van der Waals surface area (Å²) in [6.07, 6.45) is 0. The Morgan fingerprint density at radius 2 is 1.02 bits per heavy atom. The zero-order valence-corrected chi connectivity index (χ0v) is 24.0. The van der Waals surface area contributed by atoms with Gasteiger partial charge in [0.1, 0.15) is 0 Å². The molecule has 0 aliphatic heterocycles. The highest BCUT2D eigenvalue weighted by Gasteiger charge is 2.32. The Balaban J connectivity index is 1.79. The first-order chi connectivity index (χ1) is 20.5. The highest BCUT2D eigenvalue weighted by molar-refractivity contribution is 9.10. The maximum Gasteiger partial charge on any atom is 0.0998 e. The van der Waals surface area contributed by atoms with Gasteiger partial charge in [-0.15, -0.1) is 0 Å². The Bertz CT molecular complexity index is 2220. The molecule has 192 valence electrons. The van der Waals surface area contributed by atoms with Crippen molar-refractivity contribution in [3.63, 3.8) is 0 Å². The molecule has 6 aromatic rings. The monoisotopic (exact) mass is 616 g/mol. The molecule has 0 fully saturated rings. The van der Waals surface area contributed by atoms with E-state index in [1.54, 1.807) is 24.3 Å². The van der Waals surface area contributed by atoms with Gasteiger partial charge in [0.2, 0.25) is 0 Å². The van der Waals surface area contributed by atoms with Crippen molar-refractivity contribution in [2.75, 3.05) is 0 Å². The van der Waals surface area contributed by atoms with Crippen LogP contribution in [0.25, 0.3) is 66.1 Å². The molecule has 0 saturated heterocycles. The zero-order valence-electron chi connectivity index (χ0n) is 21.6. The topological polar surface area (TPSA) is 95.2 Å². The molecule has 4 nitrogen and oxygen atoms in total. The van der Waals surface area contributed by atoms with Crippen molar-refractivity contribution < 1.29 is 0 Å². The average molecular weight is 618 g/mol. The second-order valence-electron chi connectivity index (χ2n) is 9.99. The maximum atomic E-state index is 10.2. The van der Waals surface area contributed by atoms with E-state index in [1.165, 1.54) is 0 Å². The van der Waals surface area contributed by atoms with E-state index < -0.39 is 0 Å². The van der Waals surface area contributed by atoms with Gasteiger partial charge in [-0.05, 0) is 107 Å². The minimum Gasteiger partial charge on any atom is -0.192 e. The standard InChI is InChI=1S/C36H14BrClN4/c37-30-13-28-29(14-31(30)38)34(25-10-8-20(16-40)12-23(25)18-42)36-27-6-2-4-21-3-1-5-26(32(21)27)35(36)33(28)24-9-7-19(15-39)11-22(24)17-41/h1-14H. The molecule has 42 heavy (non-hydrogen) atoms. The largest absolute Gasteiger partial charge is 0.192 e. The van der Waals surface area contributed by atoms with Crippen molar-refractivity contribution in [3.05, 3.63) is 117 Å². The zero-order chi connectivity index (χ0) is 29.1. The molecule has 6 aromatic carbocycles. The van der Waals surface area contributed by atoms with Crippen LogP contribution < -0.4 is 0 Å². The van der Waals surface area contributed by atoms with Crippen molar-refractivity contribution in [1.29, 1.82) is 21.0 Å². The van der Waals surface area contributed by atoms with Gasteiger partial charge in [-0.2, -0.15) is 21.0 Å². The Hall–Kier alpha value is -5.43. The van der Waals surface area contributed by atoms with Gasteiger partial charge in [0.25, 0.3) is 0 Å². The van der Waals surface area contributed by atoms with E-state index in [4.69, 9.17) is 11.6 Å². The normalized spacial score (nSPS) is 11.0. The highest BCUT2D eigenvalue weighted by atomic mass is 79.9. The van der Waals surface area contributed by atoms with Crippen molar-refractivity contribution >= 4 is 49.1 Å². The molecule has 7 rings (SSSR count). The predicted molar refractivity (Wildman–Crippen MR) is 168 cm³/mol. The summed E-state index contributed by atoms with van der Waals surface area (Å²) in [4.78, 5) is 0. The third-order valence-corrected chi connectivity index (χ3v) is 9.07. The first-order valence-corrected chi connectivity index (χ1v) is 14.1. The molecular weight excluding hydrogens is 604 g/mol. The molecule has 0 atom stereocenters. The minimum absolute atomic E-state index is 0.378. The Morgan fingerprint density at radius 3 is 1.50 bits per heavy atom. The Kier molecular flexibility index (Phi) is 5.83. The van der Waals surface area contributed by atoms with E-state index in [0.29, 0.717) is 42.9 Å². The first kappa shape index (κ1) is 25.5. The number of benzene rings is 6. The van der Waals surface area contributed by atoms with Gasteiger partial charge in [0, 0.05) is 15.6 Å². The van der Waals surface area contributed by atoms with Crippen molar-refractivity contribution in [2.45, 2.75) is 0 Å². The van der Waals surface area contributed by atoms with Crippen LogP contribution in [0, 0.1) is 45.3 Å². The third kappa shape index (κ3) is 3.56. The predicted octanol–water partition coefficient (Wildman–Crippen LogP) is 9.88. The summed E-state index contributed by atoms with van der Waals surface area (Å²) in [5, 5.41) is 43.9. The van der Waals surface area contributed by atoms with Crippen LogP contribution in [0.2, 0.25) is 5.02 Å². The number of halogens is 2. The van der Waals surface area contributed by atoms with E-state index >= 15 is 0 Å². The van der Waals surface area contributed by atoms with Gasteiger partial charge in [-0.3, -0.25) is 0 Å². The Labute approximate surface area is 254 Å². The minimum atomic E-state index is 0.378. The highest BCUT2D eigenvalue weighted by Crippen LogP contribution is 2.58. The van der Waals surface area contributed by atoms with E-state index in [9.17, 15) is 21.0 Å². The molecule has 0 spiro atoms. The molecule has 0 aromatic heterocycles. The molecule has 0 heterocycles. The van der Waals surface area contributed by atoms with E-state index in [2.05, 4.69) is 64.5 Å². The van der Waals surface area contributed by atoms with Crippen molar-refractivity contribution in [3.8, 4) is 68.8 Å². The molecule has 0 N–H and O–H groups in total. The fourth-order valence-corrected chi connectivity index (χ4v) is 6.69. The van der Waals surface area contributed by atoms with Crippen LogP contribution >= 0.6 is 27.5 Å².